The average molecular weight is 742 g/mol. The van der Waals surface area contributed by atoms with E-state index in [-0.39, 0.29) is 44.4 Å². The maximum atomic E-state index is 12.3. The third-order valence-corrected chi connectivity index (χ3v) is 10.5. The number of aliphatic hydroxyl groups is 2. The number of aliphatic hydroxyl groups excluding tert-OH is 1. The third kappa shape index (κ3) is 9.64. The van der Waals surface area contributed by atoms with Crippen molar-refractivity contribution >= 4 is 23.6 Å². The molecule has 280 valence electrons. The number of amides is 2. The van der Waals surface area contributed by atoms with Crippen LogP contribution in [0.15, 0.2) is 97.1 Å². The van der Waals surface area contributed by atoms with E-state index in [4.69, 9.17) is 25.8 Å². The summed E-state index contributed by atoms with van der Waals surface area (Å²) in [5.41, 5.74) is 5.59. The molecule has 2 aliphatic heterocycles. The lowest BCUT2D eigenvalue weighted by Gasteiger charge is -2.45. The summed E-state index contributed by atoms with van der Waals surface area (Å²) in [5, 5.41) is 27.1. The number of carbonyl (C=O) groups excluding carboxylic acids is 2. The first-order valence-corrected chi connectivity index (χ1v) is 18.6. The highest BCUT2D eigenvalue weighted by atomic mass is 35.5. The van der Waals surface area contributed by atoms with Gasteiger partial charge in [0.15, 0.2) is 6.29 Å². The first-order valence-electron chi connectivity index (χ1n) is 18.2. The summed E-state index contributed by atoms with van der Waals surface area (Å²) in [7, 11) is 0. The smallest absolute Gasteiger partial charge is 0.325 e. The Morgan fingerprint density at radius 1 is 0.906 bits per heavy atom. The second kappa shape index (κ2) is 17.7. The standard InChI is InChI=1S/C42H48ClN3O7/c1-3-51-38(48)25-45-41(49)44-24-33-6-4-5-7-36(33)30-12-14-32(15-13-30)40-52-37(28(2)39(53-40)31-10-8-29(27-47)9-11-31)26-46-22-20-42(50,21-23-46)34-16-18-35(43)19-17-34/h4-19,28,37,39-40,47,50H,3,20-27H2,1-2H3,(H2,44,45,49)/t28-,37+,39+,40+/m0/s1. The number of piperidine rings is 1. The van der Waals surface area contributed by atoms with E-state index in [0.717, 1.165) is 52.0 Å². The summed E-state index contributed by atoms with van der Waals surface area (Å²) in [6, 6.07) is 30.8. The minimum atomic E-state index is -0.893. The molecule has 2 aliphatic rings. The molecule has 0 unspecified atom stereocenters. The zero-order valence-corrected chi connectivity index (χ0v) is 30.9. The molecule has 2 fully saturated rings. The monoisotopic (exact) mass is 741 g/mol. The van der Waals surface area contributed by atoms with Crippen LogP contribution in [-0.4, -0.2) is 66.0 Å². The van der Waals surface area contributed by atoms with Crippen molar-refractivity contribution in [2.24, 2.45) is 5.92 Å². The minimum absolute atomic E-state index is 0.0245. The van der Waals surface area contributed by atoms with E-state index in [1.807, 2.05) is 97.1 Å². The number of nitrogens with one attached hydrogen (secondary N) is 2. The number of halogens is 1. The molecule has 0 bridgehead atoms. The van der Waals surface area contributed by atoms with E-state index >= 15 is 0 Å². The van der Waals surface area contributed by atoms with Crippen LogP contribution in [0.2, 0.25) is 5.02 Å². The highest BCUT2D eigenvalue weighted by Gasteiger charge is 2.41. The lowest BCUT2D eigenvalue weighted by molar-refractivity contribution is -0.277. The Morgan fingerprint density at radius 2 is 1.58 bits per heavy atom. The van der Waals surface area contributed by atoms with Gasteiger partial charge in [-0.1, -0.05) is 103 Å². The first-order chi connectivity index (χ1) is 25.7. The molecule has 0 saturated carbocycles. The van der Waals surface area contributed by atoms with Gasteiger partial charge >= 0.3 is 12.0 Å². The summed E-state index contributed by atoms with van der Waals surface area (Å²) in [4.78, 5) is 26.3. The van der Waals surface area contributed by atoms with E-state index in [2.05, 4.69) is 22.5 Å². The highest BCUT2D eigenvalue weighted by molar-refractivity contribution is 6.30. The second-order valence-electron chi connectivity index (χ2n) is 13.8. The van der Waals surface area contributed by atoms with Crippen molar-refractivity contribution < 1.29 is 34.0 Å². The van der Waals surface area contributed by atoms with Gasteiger partial charge in [-0.15, -0.1) is 0 Å². The van der Waals surface area contributed by atoms with Crippen LogP contribution in [-0.2, 0) is 37.8 Å². The van der Waals surface area contributed by atoms with E-state index in [1.54, 1.807) is 6.92 Å². The molecule has 53 heavy (non-hydrogen) atoms. The molecule has 4 atom stereocenters. The van der Waals surface area contributed by atoms with Crippen LogP contribution in [0.3, 0.4) is 0 Å². The molecule has 11 heteroatoms. The number of ether oxygens (including phenoxy) is 3. The van der Waals surface area contributed by atoms with Crippen LogP contribution in [0.4, 0.5) is 4.79 Å². The predicted octanol–water partition coefficient (Wildman–Crippen LogP) is 6.64. The van der Waals surface area contributed by atoms with Crippen LogP contribution in [0.5, 0.6) is 0 Å². The largest absolute Gasteiger partial charge is 0.465 e. The number of rotatable bonds is 12. The van der Waals surface area contributed by atoms with Crippen LogP contribution in [0.1, 0.15) is 66.9 Å². The Labute approximate surface area is 316 Å². The van der Waals surface area contributed by atoms with Crippen molar-refractivity contribution in [3.63, 3.8) is 0 Å². The van der Waals surface area contributed by atoms with E-state index < -0.39 is 23.9 Å². The number of likely N-dealkylation sites (tertiary alicyclic amines) is 1. The molecule has 4 aromatic rings. The fourth-order valence-corrected chi connectivity index (χ4v) is 7.24. The zero-order chi connectivity index (χ0) is 37.4. The van der Waals surface area contributed by atoms with Gasteiger partial charge in [0.25, 0.3) is 0 Å². The molecular weight excluding hydrogens is 694 g/mol. The fraction of sp³-hybridized carbons (Fsp3) is 0.381. The number of urea groups is 1. The van der Waals surface area contributed by atoms with Gasteiger partial charge in [-0.05, 0) is 65.3 Å². The summed E-state index contributed by atoms with van der Waals surface area (Å²) >= 11 is 6.10. The maximum absolute atomic E-state index is 12.3. The Morgan fingerprint density at radius 3 is 2.26 bits per heavy atom. The first kappa shape index (κ1) is 38.4. The van der Waals surface area contributed by atoms with E-state index in [0.29, 0.717) is 24.4 Å². The van der Waals surface area contributed by atoms with Crippen LogP contribution in [0.25, 0.3) is 11.1 Å². The fourth-order valence-electron chi connectivity index (χ4n) is 7.12. The summed E-state index contributed by atoms with van der Waals surface area (Å²) in [6.07, 6.45) is 0.198. The van der Waals surface area contributed by atoms with Gasteiger partial charge in [0.1, 0.15) is 6.54 Å². The third-order valence-electron chi connectivity index (χ3n) is 10.3. The number of carbonyl (C=O) groups is 2. The van der Waals surface area contributed by atoms with Crippen LogP contribution < -0.4 is 10.6 Å². The van der Waals surface area contributed by atoms with Gasteiger partial charge in [0.05, 0.1) is 31.0 Å². The summed E-state index contributed by atoms with van der Waals surface area (Å²) in [5.74, 6) is -0.466. The zero-order valence-electron chi connectivity index (χ0n) is 30.2. The van der Waals surface area contributed by atoms with Gasteiger partial charge in [-0.3, -0.25) is 4.79 Å². The number of hydrogen-bond acceptors (Lipinski definition) is 8. The molecule has 2 heterocycles. The van der Waals surface area contributed by atoms with Crippen molar-refractivity contribution in [2.75, 3.05) is 32.8 Å². The molecule has 2 amide bonds. The lowest BCUT2D eigenvalue weighted by atomic mass is 9.84. The molecule has 0 aromatic heterocycles. The van der Waals surface area contributed by atoms with Crippen molar-refractivity contribution in [1.29, 1.82) is 0 Å². The number of nitrogens with zero attached hydrogens (tertiary/aromatic N) is 1. The number of esters is 1. The van der Waals surface area contributed by atoms with Gasteiger partial charge in [-0.25, -0.2) is 4.79 Å². The molecule has 4 N–H and O–H groups in total. The normalized spacial score (nSPS) is 21.5. The topological polar surface area (TPSA) is 130 Å². The summed E-state index contributed by atoms with van der Waals surface area (Å²) in [6.45, 7) is 6.31. The highest BCUT2D eigenvalue weighted by Crippen LogP contribution is 2.43. The quantitative estimate of drug-likeness (QED) is 0.119. The Hall–Kier alpha value is -4.29. The molecule has 10 nitrogen and oxygen atoms in total. The average Bonchev–Trinajstić information content (AvgIpc) is 3.18. The van der Waals surface area contributed by atoms with Crippen molar-refractivity contribution in [3.8, 4) is 11.1 Å². The van der Waals surface area contributed by atoms with Crippen molar-refractivity contribution in [1.82, 2.24) is 15.5 Å². The van der Waals surface area contributed by atoms with E-state index in [1.165, 1.54) is 0 Å². The molecule has 0 radical (unpaired) electrons. The van der Waals surface area contributed by atoms with E-state index in [9.17, 15) is 19.8 Å². The molecule has 2 saturated heterocycles. The number of hydrogen-bond donors (Lipinski definition) is 4. The van der Waals surface area contributed by atoms with Gasteiger partial charge in [0.2, 0.25) is 0 Å². The van der Waals surface area contributed by atoms with Crippen LogP contribution in [0, 0.1) is 5.92 Å². The molecule has 0 spiro atoms. The minimum Gasteiger partial charge on any atom is -0.465 e. The number of benzene rings is 4. The predicted molar refractivity (Wildman–Crippen MR) is 203 cm³/mol. The Kier molecular flexibility index (Phi) is 12.8. The Bertz CT molecular complexity index is 1810. The second-order valence-corrected chi connectivity index (χ2v) is 14.2. The Balaban J connectivity index is 1.16. The van der Waals surface area contributed by atoms with Crippen LogP contribution >= 0.6 is 11.6 Å². The lowest BCUT2D eigenvalue weighted by Crippen LogP contribution is -2.49. The summed E-state index contributed by atoms with van der Waals surface area (Å²) < 4.78 is 18.3. The van der Waals surface area contributed by atoms with Gasteiger partial charge in [-0.2, -0.15) is 0 Å². The maximum Gasteiger partial charge on any atom is 0.325 e. The van der Waals surface area contributed by atoms with Crippen molar-refractivity contribution in [2.45, 2.75) is 63.9 Å². The molecule has 0 aliphatic carbocycles. The molecule has 4 aromatic carbocycles. The molecule has 6 rings (SSSR count). The molecular formula is C42H48ClN3O7. The van der Waals surface area contributed by atoms with Crippen molar-refractivity contribution in [3.05, 3.63) is 130 Å². The SMILES string of the molecule is CCOC(=O)CNC(=O)NCc1ccccc1-c1ccc([C@@H]2O[C@H](CN3CCC(O)(c4ccc(Cl)cc4)CC3)[C@H](C)[C@H](c3ccc(CO)cc3)O2)cc1. The van der Waals surface area contributed by atoms with Gasteiger partial charge in [0, 0.05) is 42.7 Å². The van der Waals surface area contributed by atoms with Gasteiger partial charge < -0.3 is 40.0 Å².